The maximum Gasteiger partial charge on any atom is 0.255 e. The van der Waals surface area contributed by atoms with Crippen molar-refractivity contribution in [3.8, 4) is 17.2 Å². The van der Waals surface area contributed by atoms with Gasteiger partial charge in [0.2, 0.25) is 0 Å². The highest BCUT2D eigenvalue weighted by molar-refractivity contribution is 6.36. The molecule has 3 aromatic rings. The number of pyridine rings is 1. The van der Waals surface area contributed by atoms with Crippen LogP contribution in [-0.4, -0.2) is 51.1 Å². The number of nitrogens with one attached hydrogen (secondary N) is 2. The van der Waals surface area contributed by atoms with Crippen LogP contribution < -0.4 is 25.8 Å². The highest BCUT2D eigenvalue weighted by Crippen LogP contribution is 2.41. The van der Waals surface area contributed by atoms with E-state index in [-0.39, 0.29) is 22.4 Å². The fraction of sp³-hybridized carbons (Fsp3) is 0.261. The van der Waals surface area contributed by atoms with Gasteiger partial charge >= 0.3 is 0 Å². The lowest BCUT2D eigenvalue weighted by atomic mass is 10.1. The van der Waals surface area contributed by atoms with Gasteiger partial charge in [-0.3, -0.25) is 14.6 Å². The Kier molecular flexibility index (Phi) is 7.92. The van der Waals surface area contributed by atoms with Crippen LogP contribution in [0.2, 0.25) is 5.02 Å². The van der Waals surface area contributed by atoms with E-state index in [1.807, 2.05) is 6.92 Å². The highest BCUT2D eigenvalue weighted by Gasteiger charge is 2.19. The highest BCUT2D eigenvalue weighted by atomic mass is 35.5. The van der Waals surface area contributed by atoms with E-state index in [1.54, 1.807) is 31.4 Å². The second kappa shape index (κ2) is 10.8. The number of aldehydes is 1. The Hall–Kier alpha value is -3.56. The van der Waals surface area contributed by atoms with Crippen molar-refractivity contribution in [1.29, 1.82) is 0 Å². The molecule has 9 nitrogen and oxygen atoms in total. The molecule has 0 spiro atoms. The van der Waals surface area contributed by atoms with E-state index >= 15 is 0 Å². The number of amides is 1. The molecule has 0 fully saturated rings. The van der Waals surface area contributed by atoms with Crippen LogP contribution in [0, 0.1) is 0 Å². The van der Waals surface area contributed by atoms with Crippen LogP contribution in [0.25, 0.3) is 10.9 Å². The molecule has 174 valence electrons. The molecule has 1 heterocycles. The van der Waals surface area contributed by atoms with Crippen LogP contribution in [-0.2, 0) is 4.74 Å². The lowest BCUT2D eigenvalue weighted by Gasteiger charge is -2.16. The third-order valence-electron chi connectivity index (χ3n) is 4.90. The number of benzene rings is 2. The number of hydrogen-bond donors (Lipinski definition) is 3. The van der Waals surface area contributed by atoms with E-state index in [2.05, 4.69) is 15.6 Å². The van der Waals surface area contributed by atoms with E-state index < -0.39 is 0 Å². The molecule has 0 aliphatic heterocycles. The lowest BCUT2D eigenvalue weighted by Crippen LogP contribution is -2.27. The molecular weight excluding hydrogens is 448 g/mol. The molecule has 0 saturated heterocycles. The van der Waals surface area contributed by atoms with Gasteiger partial charge in [-0.2, -0.15) is 0 Å². The minimum atomic E-state index is -0.326. The number of fused-ring (bicyclic) bond motifs is 1. The number of ether oxygens (including phenoxy) is 3. The second-order valence-electron chi connectivity index (χ2n) is 6.87. The van der Waals surface area contributed by atoms with Gasteiger partial charge in [0.1, 0.15) is 11.5 Å². The van der Waals surface area contributed by atoms with Crippen LogP contribution in [0.1, 0.15) is 27.6 Å². The summed E-state index contributed by atoms with van der Waals surface area (Å²) in [7, 11) is 3.12. The topological polar surface area (TPSA) is 125 Å². The van der Waals surface area contributed by atoms with Gasteiger partial charge in [-0.05, 0) is 25.1 Å². The third kappa shape index (κ3) is 5.10. The zero-order chi connectivity index (χ0) is 24.0. The SMILES string of the molecule is CCOCCNC(=O)c1cc2c(Oc3cc(C=O)c(NC)c(Cl)c3N)ccnc2cc1OC. The van der Waals surface area contributed by atoms with Crippen molar-refractivity contribution in [2.45, 2.75) is 6.92 Å². The van der Waals surface area contributed by atoms with Crippen LogP contribution in [0.4, 0.5) is 11.4 Å². The number of halogens is 1. The lowest BCUT2D eigenvalue weighted by molar-refractivity contribution is 0.0919. The first-order valence-corrected chi connectivity index (χ1v) is 10.6. The minimum absolute atomic E-state index is 0.166. The summed E-state index contributed by atoms with van der Waals surface area (Å²) >= 11 is 6.33. The molecule has 3 rings (SSSR count). The van der Waals surface area contributed by atoms with Crippen molar-refractivity contribution in [2.75, 3.05) is 45.0 Å². The quantitative estimate of drug-likeness (QED) is 0.230. The van der Waals surface area contributed by atoms with Gasteiger partial charge in [0, 0.05) is 43.4 Å². The smallest absolute Gasteiger partial charge is 0.255 e. The summed E-state index contributed by atoms with van der Waals surface area (Å²) in [4.78, 5) is 28.6. The summed E-state index contributed by atoms with van der Waals surface area (Å²) in [5, 5.41) is 6.38. The molecule has 0 unspecified atom stereocenters. The van der Waals surface area contributed by atoms with Gasteiger partial charge in [-0.25, -0.2) is 0 Å². The molecule has 4 N–H and O–H groups in total. The second-order valence-corrected chi connectivity index (χ2v) is 7.25. The van der Waals surface area contributed by atoms with E-state index in [0.29, 0.717) is 65.3 Å². The molecule has 0 atom stereocenters. The molecule has 1 amide bonds. The molecule has 0 aliphatic rings. The zero-order valence-corrected chi connectivity index (χ0v) is 19.3. The van der Waals surface area contributed by atoms with Crippen molar-refractivity contribution < 1.29 is 23.8 Å². The largest absolute Gasteiger partial charge is 0.496 e. The van der Waals surface area contributed by atoms with E-state index in [1.165, 1.54) is 13.2 Å². The average molecular weight is 473 g/mol. The van der Waals surface area contributed by atoms with E-state index in [0.717, 1.165) is 0 Å². The van der Waals surface area contributed by atoms with Gasteiger partial charge in [0.15, 0.2) is 12.0 Å². The summed E-state index contributed by atoms with van der Waals surface area (Å²) in [6, 6.07) is 6.41. The maximum atomic E-state index is 12.8. The Labute approximate surface area is 196 Å². The van der Waals surface area contributed by atoms with Gasteiger partial charge in [-0.1, -0.05) is 11.6 Å². The van der Waals surface area contributed by atoms with Crippen molar-refractivity contribution in [3.63, 3.8) is 0 Å². The predicted molar refractivity (Wildman–Crippen MR) is 128 cm³/mol. The van der Waals surface area contributed by atoms with E-state index in [9.17, 15) is 9.59 Å². The number of nitrogens with zero attached hydrogens (tertiary/aromatic N) is 1. The minimum Gasteiger partial charge on any atom is -0.496 e. The third-order valence-corrected chi connectivity index (χ3v) is 5.29. The first-order valence-electron chi connectivity index (χ1n) is 10.2. The van der Waals surface area contributed by atoms with Crippen LogP contribution in [0.3, 0.4) is 0 Å². The number of methoxy groups -OCH3 is 1. The van der Waals surface area contributed by atoms with Gasteiger partial charge < -0.3 is 30.6 Å². The Morgan fingerprint density at radius 1 is 1.24 bits per heavy atom. The molecule has 0 saturated carbocycles. The zero-order valence-electron chi connectivity index (χ0n) is 18.5. The summed E-state index contributed by atoms with van der Waals surface area (Å²) in [6.07, 6.45) is 2.21. The normalized spacial score (nSPS) is 10.7. The maximum absolute atomic E-state index is 12.8. The molecule has 0 bridgehead atoms. The molecule has 0 radical (unpaired) electrons. The van der Waals surface area contributed by atoms with Gasteiger partial charge in [0.25, 0.3) is 5.91 Å². The van der Waals surface area contributed by atoms with Crippen molar-refractivity contribution >= 4 is 46.1 Å². The summed E-state index contributed by atoms with van der Waals surface area (Å²) in [6.45, 7) is 3.20. The molecular formula is C23H25ClN4O5. The van der Waals surface area contributed by atoms with Crippen LogP contribution >= 0.6 is 11.6 Å². The number of hydrogen-bond acceptors (Lipinski definition) is 8. The molecule has 2 aromatic carbocycles. The monoisotopic (exact) mass is 472 g/mol. The first kappa shape index (κ1) is 24.1. The summed E-state index contributed by atoms with van der Waals surface area (Å²) in [5.74, 6) is 0.618. The standard InChI is InChI=1S/C23H25ClN4O5/c1-4-32-8-7-28-23(30)15-10-14-16(11-18(15)31-3)27-6-5-17(14)33-19-9-13(12-29)22(26-2)20(24)21(19)25/h5-6,9-12,26H,4,7-8,25H2,1-3H3,(H,28,30). The van der Waals surface area contributed by atoms with Crippen molar-refractivity contribution in [2.24, 2.45) is 0 Å². The van der Waals surface area contributed by atoms with E-state index in [4.69, 9.17) is 31.5 Å². The van der Waals surface area contributed by atoms with Crippen molar-refractivity contribution in [1.82, 2.24) is 10.3 Å². The Bertz CT molecular complexity index is 1190. The number of nitrogen functional groups attached to an aromatic ring is 1. The van der Waals surface area contributed by atoms with Crippen molar-refractivity contribution in [3.05, 3.63) is 46.6 Å². The van der Waals surface area contributed by atoms with Crippen LogP contribution in [0.5, 0.6) is 17.2 Å². The Morgan fingerprint density at radius 3 is 2.70 bits per heavy atom. The molecule has 10 heteroatoms. The number of anilines is 2. The van der Waals surface area contributed by atoms with Crippen LogP contribution in [0.15, 0.2) is 30.5 Å². The molecule has 33 heavy (non-hydrogen) atoms. The number of rotatable bonds is 10. The fourth-order valence-electron chi connectivity index (χ4n) is 3.27. The Morgan fingerprint density at radius 2 is 2.03 bits per heavy atom. The number of aromatic nitrogens is 1. The molecule has 0 aliphatic carbocycles. The fourth-order valence-corrected chi connectivity index (χ4v) is 3.57. The predicted octanol–water partition coefficient (Wildman–Crippen LogP) is 3.89. The van der Waals surface area contributed by atoms with Gasteiger partial charge in [-0.15, -0.1) is 0 Å². The summed E-state index contributed by atoms with van der Waals surface area (Å²) in [5.41, 5.74) is 7.87. The summed E-state index contributed by atoms with van der Waals surface area (Å²) < 4.78 is 16.7. The average Bonchev–Trinajstić information content (AvgIpc) is 2.83. The Balaban J connectivity index is 2.04. The molecule has 1 aromatic heterocycles. The number of carbonyl (C=O) groups excluding carboxylic acids is 2. The number of nitrogens with two attached hydrogens (primary N) is 1. The number of carbonyl (C=O) groups is 2. The first-order chi connectivity index (χ1) is 15.9. The van der Waals surface area contributed by atoms with Gasteiger partial charge in [0.05, 0.1) is 41.2 Å².